The van der Waals surface area contributed by atoms with Crippen molar-refractivity contribution in [2.75, 3.05) is 33.1 Å². The second kappa shape index (κ2) is 21.2. The average molecular weight is 933 g/mol. The van der Waals surface area contributed by atoms with Crippen molar-refractivity contribution in [2.45, 2.75) is 74.3 Å². The Labute approximate surface area is 366 Å². The summed E-state index contributed by atoms with van der Waals surface area (Å²) in [5.74, 6) is -2.29. The van der Waals surface area contributed by atoms with Gasteiger partial charge in [-0.3, -0.25) is 4.79 Å². The number of amides is 1. The van der Waals surface area contributed by atoms with Crippen molar-refractivity contribution in [3.63, 3.8) is 0 Å². The zero-order valence-corrected chi connectivity index (χ0v) is 36.6. The van der Waals surface area contributed by atoms with Crippen LogP contribution in [-0.4, -0.2) is 119 Å². The Morgan fingerprint density at radius 1 is 0.950 bits per heavy atom. The third-order valence-electron chi connectivity index (χ3n) is 10.7. The molecule has 0 spiro atoms. The number of piperidine rings is 1. The Morgan fingerprint density at radius 3 is 2.00 bits per heavy atom. The lowest BCUT2D eigenvalue weighted by atomic mass is 9.95. The molecule has 2 aromatic heterocycles. The second-order valence-electron chi connectivity index (χ2n) is 14.9. The second-order valence-corrected chi connectivity index (χ2v) is 16.8. The first-order valence-electron chi connectivity index (χ1n) is 18.8. The third kappa shape index (κ3) is 11.8. The molecule has 3 fully saturated rings. The number of hydrogen-bond donors (Lipinski definition) is 7. The van der Waals surface area contributed by atoms with E-state index in [4.69, 9.17) is 24.4 Å². The molecule has 5 heterocycles. The quantitative estimate of drug-likeness (QED) is 0.0223. The highest BCUT2D eigenvalue weighted by Gasteiger charge is 2.71. The number of hydrogen-bond acceptors (Lipinski definition) is 13. The fourth-order valence-electron chi connectivity index (χ4n) is 7.53. The van der Waals surface area contributed by atoms with E-state index in [2.05, 4.69) is 24.7 Å². The smallest absolute Gasteiger partial charge is 0.349 e. The molecule has 7 rings (SSSR count). The summed E-state index contributed by atoms with van der Waals surface area (Å²) < 4.78 is 17.8. The van der Waals surface area contributed by atoms with Crippen LogP contribution in [0, 0.1) is 0 Å². The first-order chi connectivity index (χ1) is 28.1. The van der Waals surface area contributed by atoms with Gasteiger partial charge in [0.1, 0.15) is 41.9 Å². The van der Waals surface area contributed by atoms with Gasteiger partial charge in [-0.15, -0.1) is 22.7 Å². The minimum Gasteiger partial charge on any atom is -1.00 e. The zero-order valence-electron chi connectivity index (χ0n) is 33.3. The van der Waals surface area contributed by atoms with Gasteiger partial charge in [0.25, 0.3) is 0 Å². The number of methoxy groups -OCH3 is 1. The molecule has 60 heavy (non-hydrogen) atoms. The largest absolute Gasteiger partial charge is 1.00 e. The maximum atomic E-state index is 13.1. The van der Waals surface area contributed by atoms with Gasteiger partial charge in [0.15, 0.2) is 0 Å². The van der Waals surface area contributed by atoms with Gasteiger partial charge in [-0.2, -0.15) is 0 Å². The Balaban J connectivity index is 0.000000222. The van der Waals surface area contributed by atoms with Crippen molar-refractivity contribution >= 4 is 52.7 Å². The number of epoxide rings is 1. The number of carbonyl (C=O) groups excluding carboxylic acids is 2. The number of aliphatic hydroxyl groups excluding tert-OH is 1. The van der Waals surface area contributed by atoms with Gasteiger partial charge >= 0.3 is 17.9 Å². The van der Waals surface area contributed by atoms with Crippen molar-refractivity contribution in [2.24, 2.45) is 0 Å². The minimum atomic E-state index is -1.72. The highest BCUT2D eigenvalue weighted by Crippen LogP contribution is 2.52. The number of ether oxygens (including phenoxy) is 3. The molecule has 0 radical (unpaired) electrons. The number of nitrogens with zero attached hydrogens (tertiary/aromatic N) is 1. The molecule has 15 nitrogen and oxygen atoms in total. The number of phenolic OH excluding ortho intramolecular Hbond substituents is 1. The van der Waals surface area contributed by atoms with Gasteiger partial charge < -0.3 is 71.8 Å². The molecule has 0 saturated carbocycles. The summed E-state index contributed by atoms with van der Waals surface area (Å²) in [6.45, 7) is 2.41. The Morgan fingerprint density at radius 2 is 1.52 bits per heavy atom. The van der Waals surface area contributed by atoms with Crippen molar-refractivity contribution in [3.8, 4) is 11.5 Å². The van der Waals surface area contributed by atoms with E-state index in [1.807, 2.05) is 54.1 Å². The lowest BCUT2D eigenvalue weighted by molar-refractivity contribution is -0.938. The van der Waals surface area contributed by atoms with Crippen LogP contribution in [0.2, 0.25) is 0 Å². The number of fused-ring (bicyclic) bond motifs is 5. The van der Waals surface area contributed by atoms with Gasteiger partial charge in [0, 0.05) is 37.6 Å². The van der Waals surface area contributed by atoms with Crippen LogP contribution in [0.5, 0.6) is 11.5 Å². The number of esters is 1. The van der Waals surface area contributed by atoms with E-state index in [0.717, 1.165) is 29.5 Å². The number of carboxylic acids is 2. The number of thiophene rings is 2. The molecule has 3 saturated heterocycles. The Kier molecular flexibility index (Phi) is 17.0. The number of quaternary nitrogens is 1. The average Bonchev–Trinajstić information content (AvgIpc) is 3.49. The predicted octanol–water partition coefficient (Wildman–Crippen LogP) is 1.28. The molecule has 7 N–H and O–H groups in total. The van der Waals surface area contributed by atoms with E-state index in [1.54, 1.807) is 31.4 Å². The number of anilines is 1. The van der Waals surface area contributed by atoms with E-state index in [0.29, 0.717) is 64.7 Å². The molecule has 324 valence electrons. The standard InChI is InChI=1S/C19H24N2O4.C19H22NO4S2.C4H4O4.BrH/c1-13(9-14-3-6-16(25-2)7-4-14)20-11-19(24)15-5-8-18(23)17(10-15)21-12-22;1-20(2)12-9-11(10-13(20)17-16(12)24-17)23-18(21)19(22,14-5-3-7-25-14)15-6-4-8-26-15;5-3(6)1-2-4(7)8;/h3-8,10,12-13,19-20,23-24H,9,11H2,1-2H3,(H,21,22);3-8,11-13,16-17,22H,9-10H2,1-2H3;1-2H,(H,5,6)(H,7,8);1H/q;+1;;/p-1/b;;2-1+;/t13-,19+;11?,12-,13+,16-,17+;;/m1.../s1. The van der Waals surface area contributed by atoms with Crippen LogP contribution in [0.1, 0.15) is 46.8 Å². The molecule has 18 heteroatoms. The zero-order chi connectivity index (χ0) is 42.9. The number of nitrogens with one attached hydrogen (secondary N) is 2. The third-order valence-corrected chi connectivity index (χ3v) is 12.7. The fourth-order valence-corrected chi connectivity index (χ4v) is 9.24. The van der Waals surface area contributed by atoms with Crippen molar-refractivity contribution < 1.29 is 80.4 Å². The number of carbonyl (C=O) groups is 4. The van der Waals surface area contributed by atoms with Gasteiger partial charge in [-0.25, -0.2) is 14.4 Å². The van der Waals surface area contributed by atoms with Crippen molar-refractivity contribution in [1.29, 1.82) is 0 Å². The van der Waals surface area contributed by atoms with Crippen LogP contribution >= 0.6 is 22.7 Å². The van der Waals surface area contributed by atoms with Crippen LogP contribution < -0.4 is 32.4 Å². The highest BCUT2D eigenvalue weighted by atomic mass is 79.9. The number of morpholine rings is 1. The molecular formula is C42H50BrN3O12S2. The summed E-state index contributed by atoms with van der Waals surface area (Å²) in [5.41, 5.74) is 0.351. The minimum absolute atomic E-state index is 0. The first-order valence-corrected chi connectivity index (χ1v) is 20.6. The maximum absolute atomic E-state index is 13.1. The van der Waals surface area contributed by atoms with Crippen LogP contribution in [0.3, 0.4) is 0 Å². The number of halogens is 1. The molecule has 7 atom stereocenters. The van der Waals surface area contributed by atoms with E-state index in [9.17, 15) is 34.5 Å². The summed E-state index contributed by atoms with van der Waals surface area (Å²) in [6, 6.07) is 20.7. The van der Waals surface area contributed by atoms with Gasteiger partial charge in [-0.05, 0) is 71.6 Å². The number of carboxylic acid groups (broad SMARTS) is 2. The molecular weight excluding hydrogens is 883 g/mol. The maximum Gasteiger partial charge on any atom is 0.349 e. The van der Waals surface area contributed by atoms with Gasteiger partial charge in [-0.1, -0.05) is 30.3 Å². The van der Waals surface area contributed by atoms with Crippen LogP contribution in [0.25, 0.3) is 0 Å². The Hall–Kier alpha value is -4.66. The topological polar surface area (TPSA) is 224 Å². The summed E-state index contributed by atoms with van der Waals surface area (Å²) in [4.78, 5) is 44.0. The number of aromatic hydroxyl groups is 1. The van der Waals surface area contributed by atoms with E-state index in [1.165, 1.54) is 34.3 Å². The summed E-state index contributed by atoms with van der Waals surface area (Å²) in [7, 11) is 6.13. The summed E-state index contributed by atoms with van der Waals surface area (Å²) in [6.07, 6.45) is 3.73. The normalized spacial score (nSPS) is 21.6. The molecule has 1 amide bonds. The number of likely N-dealkylation sites (N-methyl/N-ethyl adjacent to an activating group) is 1. The van der Waals surface area contributed by atoms with Crippen LogP contribution in [0.15, 0.2) is 89.6 Å². The molecule has 3 aliphatic heterocycles. The lowest BCUT2D eigenvalue weighted by Gasteiger charge is -2.45. The van der Waals surface area contributed by atoms with E-state index < -0.39 is 29.6 Å². The predicted molar refractivity (Wildman–Crippen MR) is 220 cm³/mol. The number of phenols is 1. The van der Waals surface area contributed by atoms with Gasteiger partial charge in [0.05, 0.1) is 42.8 Å². The Bertz CT molecular complexity index is 1990. The highest BCUT2D eigenvalue weighted by molar-refractivity contribution is 7.12. The molecule has 0 aliphatic carbocycles. The summed E-state index contributed by atoms with van der Waals surface area (Å²) in [5, 5.41) is 56.4. The molecule has 4 aromatic rings. The number of aliphatic hydroxyl groups is 2. The molecule has 1 unspecified atom stereocenters. The fraction of sp³-hybridized carbons (Fsp3) is 0.381. The van der Waals surface area contributed by atoms with Crippen molar-refractivity contribution in [1.82, 2.24) is 5.32 Å². The lowest BCUT2D eigenvalue weighted by Crippen LogP contribution is -3.00. The molecule has 2 aromatic carbocycles. The SMILES string of the molecule is COc1ccc(C[C@@H](C)NC[C@H](O)c2ccc(O)c(NC=O)c2)cc1.C[N+]1(C)[C@@H]2CC(OC(=O)C(O)(c3cccs3)c3cccs3)C[C@H]1[C@@H]1O[C@@H]12.O=C(O)/C=C/C(=O)O.[Br-]. The molecule has 3 aliphatic rings. The van der Waals surface area contributed by atoms with Crippen LogP contribution in [0.4, 0.5) is 5.69 Å². The first kappa shape index (κ1) is 48.0. The van der Waals surface area contributed by atoms with Gasteiger partial charge in [0.2, 0.25) is 12.0 Å². The molecule has 2 bridgehead atoms. The van der Waals surface area contributed by atoms with Crippen LogP contribution in [-0.2, 0) is 40.7 Å². The number of rotatable bonds is 15. The van der Waals surface area contributed by atoms with E-state index in [-0.39, 0.29) is 40.6 Å². The number of aliphatic carboxylic acids is 2. The van der Waals surface area contributed by atoms with E-state index >= 15 is 0 Å². The summed E-state index contributed by atoms with van der Waals surface area (Å²) >= 11 is 2.74. The van der Waals surface area contributed by atoms with Crippen molar-refractivity contribution in [3.05, 3.63) is 111 Å². The monoisotopic (exact) mass is 931 g/mol. The number of benzene rings is 2.